The molecule has 0 radical (unpaired) electrons. The van der Waals surface area contributed by atoms with E-state index in [0.717, 1.165) is 24.1 Å². The molecule has 1 atom stereocenters. The van der Waals surface area contributed by atoms with Gasteiger partial charge in [0.1, 0.15) is 5.82 Å². The van der Waals surface area contributed by atoms with Crippen molar-refractivity contribution in [2.45, 2.75) is 84.5 Å². The maximum absolute atomic E-state index is 4.65. The number of rotatable bonds is 7. The molecule has 0 bridgehead atoms. The number of aromatic nitrogens is 2. The van der Waals surface area contributed by atoms with E-state index in [2.05, 4.69) is 43.1 Å². The van der Waals surface area contributed by atoms with Gasteiger partial charge in [0.2, 0.25) is 0 Å². The SMILES string of the molecule is CCCCc1cnc(C2CCC(CC(C)CC)CC2)nc1. The molecule has 0 aromatic carbocycles. The average molecular weight is 288 g/mol. The van der Waals surface area contributed by atoms with Crippen LogP contribution in [0, 0.1) is 11.8 Å². The van der Waals surface area contributed by atoms with Crippen molar-refractivity contribution in [3.63, 3.8) is 0 Å². The van der Waals surface area contributed by atoms with Gasteiger partial charge in [0, 0.05) is 18.3 Å². The fourth-order valence-electron chi connectivity index (χ4n) is 3.48. The minimum atomic E-state index is 0.610. The Morgan fingerprint density at radius 2 is 1.76 bits per heavy atom. The quantitative estimate of drug-likeness (QED) is 0.659. The van der Waals surface area contributed by atoms with Crippen LogP contribution in [0.4, 0.5) is 0 Å². The van der Waals surface area contributed by atoms with Crippen molar-refractivity contribution >= 4 is 0 Å². The van der Waals surface area contributed by atoms with Gasteiger partial charge in [-0.05, 0) is 62.3 Å². The predicted octanol–water partition coefficient (Wildman–Crippen LogP) is 5.53. The third-order valence-electron chi connectivity index (χ3n) is 5.19. The van der Waals surface area contributed by atoms with Crippen LogP contribution in [0.25, 0.3) is 0 Å². The number of unbranched alkanes of at least 4 members (excludes halogenated alkanes) is 1. The summed E-state index contributed by atoms with van der Waals surface area (Å²) < 4.78 is 0. The largest absolute Gasteiger partial charge is 0.241 e. The van der Waals surface area contributed by atoms with E-state index in [0.29, 0.717) is 5.92 Å². The smallest absolute Gasteiger partial charge is 0.131 e. The summed E-state index contributed by atoms with van der Waals surface area (Å²) in [4.78, 5) is 9.29. The summed E-state index contributed by atoms with van der Waals surface area (Å²) in [6, 6.07) is 0. The van der Waals surface area contributed by atoms with Crippen LogP contribution in [0.1, 0.15) is 89.4 Å². The van der Waals surface area contributed by atoms with Gasteiger partial charge in [0.15, 0.2) is 0 Å². The van der Waals surface area contributed by atoms with E-state index < -0.39 is 0 Å². The molecule has 2 heteroatoms. The van der Waals surface area contributed by atoms with Crippen molar-refractivity contribution in [1.29, 1.82) is 0 Å². The molecule has 21 heavy (non-hydrogen) atoms. The second-order valence-corrected chi connectivity index (χ2v) is 7.02. The molecule has 1 heterocycles. The molecule has 1 saturated carbocycles. The molecule has 2 rings (SSSR count). The van der Waals surface area contributed by atoms with Crippen LogP contribution in [0.3, 0.4) is 0 Å². The summed E-state index contributed by atoms with van der Waals surface area (Å²) in [5.74, 6) is 3.54. The van der Waals surface area contributed by atoms with Crippen LogP contribution < -0.4 is 0 Å². The molecule has 0 saturated heterocycles. The van der Waals surface area contributed by atoms with Crippen molar-refractivity contribution in [2.24, 2.45) is 11.8 Å². The van der Waals surface area contributed by atoms with Crippen LogP contribution in [0.5, 0.6) is 0 Å². The normalized spacial score (nSPS) is 24.0. The highest BCUT2D eigenvalue weighted by atomic mass is 14.9. The first kappa shape index (κ1) is 16.5. The zero-order chi connectivity index (χ0) is 15.1. The van der Waals surface area contributed by atoms with E-state index in [9.17, 15) is 0 Å². The molecule has 0 spiro atoms. The van der Waals surface area contributed by atoms with Gasteiger partial charge in [-0.2, -0.15) is 0 Å². The van der Waals surface area contributed by atoms with Crippen LogP contribution in [-0.2, 0) is 6.42 Å². The Morgan fingerprint density at radius 1 is 1.10 bits per heavy atom. The molecule has 1 aromatic heterocycles. The van der Waals surface area contributed by atoms with Gasteiger partial charge >= 0.3 is 0 Å². The molecule has 2 nitrogen and oxygen atoms in total. The van der Waals surface area contributed by atoms with Gasteiger partial charge in [0.05, 0.1) is 0 Å². The topological polar surface area (TPSA) is 25.8 Å². The third kappa shape index (κ3) is 5.09. The molecule has 1 aromatic rings. The van der Waals surface area contributed by atoms with E-state index in [1.165, 1.54) is 56.9 Å². The van der Waals surface area contributed by atoms with Crippen molar-refractivity contribution in [1.82, 2.24) is 9.97 Å². The Bertz CT molecular complexity index is 391. The monoisotopic (exact) mass is 288 g/mol. The Hall–Kier alpha value is -0.920. The number of nitrogens with zero attached hydrogens (tertiary/aromatic N) is 2. The van der Waals surface area contributed by atoms with Gasteiger partial charge in [-0.15, -0.1) is 0 Å². The van der Waals surface area contributed by atoms with Crippen molar-refractivity contribution in [2.75, 3.05) is 0 Å². The van der Waals surface area contributed by atoms with Gasteiger partial charge in [-0.3, -0.25) is 0 Å². The lowest BCUT2D eigenvalue weighted by molar-refractivity contribution is 0.269. The minimum absolute atomic E-state index is 0.610. The number of hydrogen-bond donors (Lipinski definition) is 0. The molecule has 1 fully saturated rings. The molecular formula is C19H32N2. The predicted molar refractivity (Wildman–Crippen MR) is 89.4 cm³/mol. The lowest BCUT2D eigenvalue weighted by Crippen LogP contribution is -2.17. The highest BCUT2D eigenvalue weighted by Gasteiger charge is 2.24. The highest BCUT2D eigenvalue weighted by Crippen LogP contribution is 2.37. The Morgan fingerprint density at radius 3 is 2.33 bits per heavy atom. The van der Waals surface area contributed by atoms with Crippen molar-refractivity contribution in [3.8, 4) is 0 Å². The highest BCUT2D eigenvalue weighted by molar-refractivity contribution is 5.08. The molecule has 1 aliphatic rings. The summed E-state index contributed by atoms with van der Waals surface area (Å²) in [7, 11) is 0. The number of hydrogen-bond acceptors (Lipinski definition) is 2. The van der Waals surface area contributed by atoms with E-state index in [-0.39, 0.29) is 0 Å². The fourth-order valence-corrected chi connectivity index (χ4v) is 3.48. The summed E-state index contributed by atoms with van der Waals surface area (Å²) in [5, 5.41) is 0. The van der Waals surface area contributed by atoms with Crippen molar-refractivity contribution in [3.05, 3.63) is 23.8 Å². The van der Waals surface area contributed by atoms with Crippen LogP contribution >= 0.6 is 0 Å². The Labute approximate surface area is 130 Å². The molecule has 118 valence electrons. The average Bonchev–Trinajstić information content (AvgIpc) is 2.54. The lowest BCUT2D eigenvalue weighted by Gasteiger charge is -2.29. The second kappa shape index (κ2) is 8.51. The summed E-state index contributed by atoms with van der Waals surface area (Å²) in [5.41, 5.74) is 1.30. The fraction of sp³-hybridized carbons (Fsp3) is 0.789. The second-order valence-electron chi connectivity index (χ2n) is 7.02. The Kier molecular flexibility index (Phi) is 6.66. The lowest BCUT2D eigenvalue weighted by atomic mass is 9.77. The number of aryl methyl sites for hydroxylation is 1. The summed E-state index contributed by atoms with van der Waals surface area (Å²) in [6.07, 6.45) is 15.8. The van der Waals surface area contributed by atoms with Gasteiger partial charge in [0.25, 0.3) is 0 Å². The van der Waals surface area contributed by atoms with Gasteiger partial charge in [-0.25, -0.2) is 9.97 Å². The van der Waals surface area contributed by atoms with E-state index in [4.69, 9.17) is 0 Å². The molecule has 0 N–H and O–H groups in total. The molecule has 0 aliphatic heterocycles. The van der Waals surface area contributed by atoms with E-state index in [1.807, 2.05) is 0 Å². The third-order valence-corrected chi connectivity index (χ3v) is 5.19. The van der Waals surface area contributed by atoms with E-state index >= 15 is 0 Å². The Balaban J connectivity index is 1.81. The standard InChI is InChI=1S/C19H32N2/c1-4-6-7-17-13-20-19(21-14-17)18-10-8-16(9-11-18)12-15(3)5-2/h13-16,18H,4-12H2,1-3H3. The molecule has 1 unspecified atom stereocenters. The molecule has 1 aliphatic carbocycles. The molecular weight excluding hydrogens is 256 g/mol. The zero-order valence-electron chi connectivity index (χ0n) is 14.1. The maximum atomic E-state index is 4.65. The maximum Gasteiger partial charge on any atom is 0.131 e. The first-order valence-corrected chi connectivity index (χ1v) is 9.03. The van der Waals surface area contributed by atoms with Crippen LogP contribution in [-0.4, -0.2) is 9.97 Å². The zero-order valence-corrected chi connectivity index (χ0v) is 14.1. The van der Waals surface area contributed by atoms with Crippen LogP contribution in [0.2, 0.25) is 0 Å². The van der Waals surface area contributed by atoms with Gasteiger partial charge < -0.3 is 0 Å². The summed E-state index contributed by atoms with van der Waals surface area (Å²) in [6.45, 7) is 6.93. The first-order chi connectivity index (χ1) is 10.2. The van der Waals surface area contributed by atoms with Crippen LogP contribution in [0.15, 0.2) is 12.4 Å². The molecule has 0 amide bonds. The first-order valence-electron chi connectivity index (χ1n) is 9.03. The minimum Gasteiger partial charge on any atom is -0.241 e. The summed E-state index contributed by atoms with van der Waals surface area (Å²) >= 11 is 0. The van der Waals surface area contributed by atoms with E-state index in [1.54, 1.807) is 0 Å². The van der Waals surface area contributed by atoms with Gasteiger partial charge in [-0.1, -0.05) is 33.6 Å². The van der Waals surface area contributed by atoms with Crippen molar-refractivity contribution < 1.29 is 0 Å².